The maximum atomic E-state index is 10.2. The summed E-state index contributed by atoms with van der Waals surface area (Å²) in [5, 5.41) is 8.27. The molecular formula is C3H6NO5S+. The molecule has 0 spiro atoms. The highest BCUT2D eigenvalue weighted by atomic mass is 32.2. The number of hydrogen-bond acceptors (Lipinski definition) is 4. The normalized spacial score (nSPS) is 8.60. The zero-order valence-electron chi connectivity index (χ0n) is 5.14. The SMILES string of the molecule is CCOC(=O)[N+](O)=S(=O)=O. The van der Waals surface area contributed by atoms with Gasteiger partial charge < -0.3 is 4.74 Å². The van der Waals surface area contributed by atoms with Gasteiger partial charge in [-0.05, 0) is 6.92 Å². The topological polar surface area (TPSA) is 83.7 Å². The van der Waals surface area contributed by atoms with Gasteiger partial charge in [-0.1, -0.05) is 0 Å². The van der Waals surface area contributed by atoms with Crippen molar-refractivity contribution in [3.8, 4) is 0 Å². The Labute approximate surface area is 58.3 Å². The molecule has 1 amide bonds. The minimum Gasteiger partial charge on any atom is -0.408 e. The van der Waals surface area contributed by atoms with Gasteiger partial charge in [0.25, 0.3) is 0 Å². The van der Waals surface area contributed by atoms with E-state index in [1.54, 1.807) is 0 Å². The molecule has 0 bridgehead atoms. The Morgan fingerprint density at radius 3 is 2.50 bits per heavy atom. The number of rotatable bonds is 1. The molecule has 0 aromatic carbocycles. The molecule has 0 aliphatic carbocycles. The van der Waals surface area contributed by atoms with Crippen LogP contribution in [-0.4, -0.2) is 30.4 Å². The van der Waals surface area contributed by atoms with Crippen molar-refractivity contribution in [2.24, 2.45) is 0 Å². The highest BCUT2D eigenvalue weighted by molar-refractivity contribution is 7.59. The highest BCUT2D eigenvalue weighted by Crippen LogP contribution is 1.79. The Hall–Kier alpha value is -0.950. The molecule has 0 radical (unpaired) electrons. The molecule has 0 aromatic rings. The van der Waals surface area contributed by atoms with Crippen molar-refractivity contribution in [1.29, 1.82) is 0 Å². The predicted octanol–water partition coefficient (Wildman–Crippen LogP) is -0.393. The Morgan fingerprint density at radius 1 is 1.70 bits per heavy atom. The van der Waals surface area contributed by atoms with Crippen LogP contribution < -0.4 is 0 Å². The minimum atomic E-state index is -2.98. The van der Waals surface area contributed by atoms with Gasteiger partial charge in [0.15, 0.2) is 4.11 Å². The first-order chi connectivity index (χ1) is 4.59. The summed E-state index contributed by atoms with van der Waals surface area (Å²) in [5.74, 6) is 0. The molecule has 58 valence electrons. The third-order valence-corrected chi connectivity index (χ3v) is 0.997. The summed E-state index contributed by atoms with van der Waals surface area (Å²) < 4.78 is 23.2. The lowest BCUT2D eigenvalue weighted by atomic mass is 10.9. The Morgan fingerprint density at radius 2 is 2.20 bits per heavy atom. The maximum Gasteiger partial charge on any atom is 0.654 e. The molecule has 10 heavy (non-hydrogen) atoms. The van der Waals surface area contributed by atoms with Crippen molar-refractivity contribution < 1.29 is 27.3 Å². The van der Waals surface area contributed by atoms with E-state index in [2.05, 4.69) is 4.74 Å². The first kappa shape index (κ1) is 9.05. The summed E-state index contributed by atoms with van der Waals surface area (Å²) in [6.45, 7) is 1.49. The molecule has 0 heterocycles. The van der Waals surface area contributed by atoms with Crippen LogP contribution in [0.4, 0.5) is 4.79 Å². The number of amides is 1. The van der Waals surface area contributed by atoms with E-state index in [0.717, 1.165) is 0 Å². The number of ether oxygens (including phenoxy) is 1. The second-order valence-corrected chi connectivity index (χ2v) is 1.97. The van der Waals surface area contributed by atoms with Gasteiger partial charge in [0.1, 0.15) is 0 Å². The quantitative estimate of drug-likeness (QED) is 0.327. The molecule has 0 saturated carbocycles. The fourth-order valence-electron chi connectivity index (χ4n) is 0.240. The molecule has 0 saturated heterocycles. The fraction of sp³-hybridized carbons (Fsp3) is 0.667. The van der Waals surface area contributed by atoms with Crippen molar-refractivity contribution in [3.63, 3.8) is 0 Å². The number of nitrogens with zero attached hydrogens (tertiary/aromatic N) is 1. The summed E-state index contributed by atoms with van der Waals surface area (Å²) in [4.78, 5) is 10.2. The zero-order valence-corrected chi connectivity index (χ0v) is 5.96. The lowest BCUT2D eigenvalue weighted by Crippen LogP contribution is -2.17. The molecule has 7 heteroatoms. The average molecular weight is 168 g/mol. The van der Waals surface area contributed by atoms with Gasteiger partial charge >= 0.3 is 16.6 Å². The summed E-state index contributed by atoms with van der Waals surface area (Å²) in [7, 11) is -2.98. The van der Waals surface area contributed by atoms with Gasteiger partial charge in [0.05, 0.1) is 6.61 Å². The average Bonchev–Trinajstić information content (AvgIpc) is 1.87. The van der Waals surface area contributed by atoms with Gasteiger partial charge in [-0.25, -0.2) is 0 Å². The van der Waals surface area contributed by atoms with Crippen LogP contribution in [0.15, 0.2) is 0 Å². The van der Waals surface area contributed by atoms with Crippen LogP contribution in [0.3, 0.4) is 0 Å². The standard InChI is InChI=1S/C3H6NO5S/c1-2-9-3(5)4(6)10(7)8/h6H,2H2,1H3/q+1. The van der Waals surface area contributed by atoms with Gasteiger partial charge in [-0.3, -0.25) is 0 Å². The van der Waals surface area contributed by atoms with E-state index in [9.17, 15) is 13.2 Å². The van der Waals surface area contributed by atoms with E-state index in [1.807, 2.05) is 0 Å². The Kier molecular flexibility index (Phi) is 3.59. The lowest BCUT2D eigenvalue weighted by Gasteiger charge is -1.85. The van der Waals surface area contributed by atoms with Crippen molar-refractivity contribution in [3.05, 3.63) is 0 Å². The Bertz CT molecular complexity index is 244. The molecule has 0 atom stereocenters. The van der Waals surface area contributed by atoms with E-state index >= 15 is 0 Å². The van der Waals surface area contributed by atoms with Crippen molar-refractivity contribution in [2.45, 2.75) is 6.92 Å². The minimum absolute atomic E-state index is 0.00704. The molecule has 0 unspecified atom stereocenters. The molecule has 6 nitrogen and oxygen atoms in total. The number of hydrogen-bond donors (Lipinski definition) is 1. The van der Waals surface area contributed by atoms with E-state index in [0.29, 0.717) is 0 Å². The first-order valence-electron chi connectivity index (χ1n) is 2.34. The van der Waals surface area contributed by atoms with E-state index < -0.39 is 20.7 Å². The Balaban J connectivity index is 4.39. The van der Waals surface area contributed by atoms with Crippen molar-refractivity contribution in [1.82, 2.24) is 0 Å². The summed E-state index contributed by atoms with van der Waals surface area (Å²) in [6.07, 6.45) is -1.31. The van der Waals surface area contributed by atoms with Gasteiger partial charge in [-0.2, -0.15) is 4.79 Å². The third kappa shape index (κ3) is 2.55. The molecule has 0 aliphatic heterocycles. The number of carbonyl (C=O) groups excluding carboxylic acids is 1. The van der Waals surface area contributed by atoms with E-state index in [-0.39, 0.29) is 6.61 Å². The highest BCUT2D eigenvalue weighted by Gasteiger charge is 2.20. The smallest absolute Gasteiger partial charge is 0.408 e. The maximum absolute atomic E-state index is 10.2. The monoisotopic (exact) mass is 168 g/mol. The van der Waals surface area contributed by atoms with Crippen molar-refractivity contribution >= 4 is 16.6 Å². The third-order valence-electron chi connectivity index (χ3n) is 0.565. The predicted molar refractivity (Wildman–Crippen MR) is 28.0 cm³/mol. The van der Waals surface area contributed by atoms with Gasteiger partial charge in [0.2, 0.25) is 0 Å². The summed E-state index contributed by atoms with van der Waals surface area (Å²) >= 11 is 0. The van der Waals surface area contributed by atoms with E-state index in [1.165, 1.54) is 6.92 Å². The fourth-order valence-corrected chi connectivity index (χ4v) is 0.414. The molecule has 0 fully saturated rings. The van der Waals surface area contributed by atoms with Crippen LogP contribution in [0.1, 0.15) is 6.92 Å². The van der Waals surface area contributed by atoms with Crippen LogP contribution >= 0.6 is 0 Å². The summed E-state index contributed by atoms with van der Waals surface area (Å²) in [6, 6.07) is 0. The second-order valence-electron chi connectivity index (χ2n) is 1.19. The first-order valence-corrected chi connectivity index (χ1v) is 3.38. The van der Waals surface area contributed by atoms with Crippen LogP contribution in [0.2, 0.25) is 0 Å². The number of carbonyl (C=O) groups is 1. The summed E-state index contributed by atoms with van der Waals surface area (Å²) in [5.41, 5.74) is 0. The van der Waals surface area contributed by atoms with E-state index in [4.69, 9.17) is 5.21 Å². The lowest BCUT2D eigenvalue weighted by molar-refractivity contribution is -0.688. The zero-order chi connectivity index (χ0) is 8.15. The van der Waals surface area contributed by atoms with Crippen LogP contribution in [0.5, 0.6) is 0 Å². The largest absolute Gasteiger partial charge is 0.654 e. The van der Waals surface area contributed by atoms with Crippen LogP contribution in [0.25, 0.3) is 0 Å². The van der Waals surface area contributed by atoms with Crippen LogP contribution in [0, 0.1) is 0 Å². The molecule has 1 N–H and O–H groups in total. The second kappa shape index (κ2) is 3.96. The molecule has 0 aliphatic rings. The number of hydroxylamine groups is 1. The van der Waals surface area contributed by atoms with Crippen molar-refractivity contribution in [2.75, 3.05) is 6.61 Å². The van der Waals surface area contributed by atoms with Gasteiger partial charge in [-0.15, -0.1) is 13.6 Å². The van der Waals surface area contributed by atoms with Gasteiger partial charge in [0, 0.05) is 0 Å². The van der Waals surface area contributed by atoms with Crippen LogP contribution in [-0.2, 0) is 15.2 Å². The molecule has 0 rings (SSSR count). The molecule has 0 aromatic heterocycles. The molecular weight excluding hydrogens is 162 g/mol.